The van der Waals surface area contributed by atoms with Crippen molar-refractivity contribution in [2.45, 2.75) is 34.2 Å². The van der Waals surface area contributed by atoms with E-state index in [4.69, 9.17) is 0 Å². The molecule has 6 nitrogen and oxygen atoms in total. The van der Waals surface area contributed by atoms with E-state index in [0.717, 1.165) is 36.9 Å². The molecule has 0 unspecified atom stereocenters. The zero-order chi connectivity index (χ0) is 17.2. The molecular weight excluding hydrogens is 417 g/mol. The Morgan fingerprint density at radius 2 is 1.96 bits per heavy atom. The van der Waals surface area contributed by atoms with Crippen LogP contribution in [0.25, 0.3) is 0 Å². The van der Waals surface area contributed by atoms with Crippen LogP contribution in [0, 0.1) is 6.92 Å². The lowest BCUT2D eigenvalue weighted by molar-refractivity contribution is -0.131. The van der Waals surface area contributed by atoms with Crippen molar-refractivity contribution >= 4 is 35.8 Å². The summed E-state index contributed by atoms with van der Waals surface area (Å²) in [5, 5.41) is 3.23. The maximum absolute atomic E-state index is 12.2. The van der Waals surface area contributed by atoms with Crippen molar-refractivity contribution in [3.63, 3.8) is 0 Å². The number of carbonyl (C=O) groups excluding carboxylic acids is 1. The van der Waals surface area contributed by atoms with E-state index in [1.54, 1.807) is 6.20 Å². The first-order chi connectivity index (χ1) is 11.0. The molecule has 0 radical (unpaired) electrons. The fraction of sp³-hybridized carbons (Fsp3) is 0.588. The molecule has 1 N–H and O–H groups in total. The number of amides is 1. The molecule has 0 fully saturated rings. The van der Waals surface area contributed by atoms with Gasteiger partial charge in [0.05, 0.1) is 18.8 Å². The molecule has 1 aromatic rings. The van der Waals surface area contributed by atoms with Crippen molar-refractivity contribution in [3.8, 4) is 0 Å². The van der Waals surface area contributed by atoms with Crippen LogP contribution >= 0.6 is 24.0 Å². The number of rotatable bonds is 7. The number of nitrogens with one attached hydrogen (secondary N) is 1. The highest BCUT2D eigenvalue weighted by molar-refractivity contribution is 14.0. The molecule has 0 saturated carbocycles. The number of halogens is 1. The summed E-state index contributed by atoms with van der Waals surface area (Å²) in [5.41, 5.74) is 2.07. The monoisotopic (exact) mass is 447 g/mol. The van der Waals surface area contributed by atoms with E-state index >= 15 is 0 Å². The Bertz CT molecular complexity index is 531. The van der Waals surface area contributed by atoms with Gasteiger partial charge < -0.3 is 15.1 Å². The second kappa shape index (κ2) is 12.0. The zero-order valence-corrected chi connectivity index (χ0v) is 17.7. The molecule has 0 atom stereocenters. The molecule has 0 aliphatic rings. The van der Waals surface area contributed by atoms with Crippen LogP contribution < -0.4 is 5.32 Å². The Balaban J connectivity index is 0.00000529. The summed E-state index contributed by atoms with van der Waals surface area (Å²) in [7, 11) is 1.88. The van der Waals surface area contributed by atoms with Crippen LogP contribution in [-0.4, -0.2) is 59.9 Å². The highest BCUT2D eigenvalue weighted by atomic mass is 127. The quantitative estimate of drug-likeness (QED) is 0.396. The number of aliphatic imine (C=N–C) groups is 1. The van der Waals surface area contributed by atoms with E-state index in [1.807, 2.05) is 56.7 Å². The summed E-state index contributed by atoms with van der Waals surface area (Å²) in [5.74, 6) is 0.829. The lowest BCUT2D eigenvalue weighted by Crippen LogP contribution is -2.45. The maximum atomic E-state index is 12.2. The molecule has 1 aromatic heterocycles. The van der Waals surface area contributed by atoms with Crippen molar-refractivity contribution in [3.05, 3.63) is 29.6 Å². The second-order valence-corrected chi connectivity index (χ2v) is 5.36. The lowest BCUT2D eigenvalue weighted by Gasteiger charge is -2.25. The van der Waals surface area contributed by atoms with E-state index in [2.05, 4.69) is 15.3 Å². The van der Waals surface area contributed by atoms with E-state index < -0.39 is 0 Å². The normalized spacial score (nSPS) is 10.8. The largest absolute Gasteiger partial charge is 0.357 e. The number of pyridine rings is 1. The number of carbonyl (C=O) groups is 1. The van der Waals surface area contributed by atoms with E-state index in [9.17, 15) is 4.79 Å². The van der Waals surface area contributed by atoms with Gasteiger partial charge in [0.25, 0.3) is 0 Å². The van der Waals surface area contributed by atoms with Gasteiger partial charge in [-0.15, -0.1) is 24.0 Å². The van der Waals surface area contributed by atoms with Crippen LogP contribution in [0.4, 0.5) is 0 Å². The van der Waals surface area contributed by atoms with Gasteiger partial charge in [0.15, 0.2) is 5.96 Å². The minimum Gasteiger partial charge on any atom is -0.357 e. The fourth-order valence-corrected chi connectivity index (χ4v) is 2.26. The molecule has 136 valence electrons. The highest BCUT2D eigenvalue weighted by Crippen LogP contribution is 2.05. The minimum absolute atomic E-state index is 0. The molecule has 0 bridgehead atoms. The summed E-state index contributed by atoms with van der Waals surface area (Å²) in [6.45, 7) is 11.0. The molecule has 0 aliphatic carbocycles. The van der Waals surface area contributed by atoms with Crippen molar-refractivity contribution in [1.82, 2.24) is 20.1 Å². The molecule has 1 amide bonds. The average molecular weight is 447 g/mol. The van der Waals surface area contributed by atoms with Crippen LogP contribution in [0.2, 0.25) is 0 Å². The molecular formula is C17H30IN5O. The smallest absolute Gasteiger partial charge is 0.242 e. The first-order valence-electron chi connectivity index (χ1n) is 8.21. The predicted molar refractivity (Wildman–Crippen MR) is 110 cm³/mol. The standard InChI is InChI=1S/C17H29N5O.HI/c1-6-18-17(20-12-15-14(4)10-9-11-19-15)21(5)13-16(23)22(7-2)8-3;/h9-11H,6-8,12-13H2,1-5H3,(H,18,20);1H. The van der Waals surface area contributed by atoms with Gasteiger partial charge in [-0.2, -0.15) is 0 Å². The molecule has 1 rings (SSSR count). The second-order valence-electron chi connectivity index (χ2n) is 5.36. The van der Waals surface area contributed by atoms with Gasteiger partial charge in [-0.05, 0) is 39.3 Å². The Morgan fingerprint density at radius 1 is 1.29 bits per heavy atom. The van der Waals surface area contributed by atoms with Crippen molar-refractivity contribution < 1.29 is 4.79 Å². The topological polar surface area (TPSA) is 60.8 Å². The summed E-state index contributed by atoms with van der Waals surface area (Å²) < 4.78 is 0. The fourth-order valence-electron chi connectivity index (χ4n) is 2.26. The van der Waals surface area contributed by atoms with Gasteiger partial charge in [-0.1, -0.05) is 6.07 Å². The van der Waals surface area contributed by atoms with Crippen molar-refractivity contribution in [2.75, 3.05) is 33.2 Å². The molecule has 0 aromatic carbocycles. The van der Waals surface area contributed by atoms with Gasteiger partial charge in [-0.3, -0.25) is 9.78 Å². The predicted octanol–water partition coefficient (Wildman–Crippen LogP) is 2.27. The van der Waals surface area contributed by atoms with E-state index in [-0.39, 0.29) is 29.9 Å². The average Bonchev–Trinajstić information content (AvgIpc) is 2.53. The van der Waals surface area contributed by atoms with Gasteiger partial charge in [0, 0.05) is 32.9 Å². The van der Waals surface area contributed by atoms with Crippen molar-refractivity contribution in [2.24, 2.45) is 4.99 Å². The number of guanidine groups is 1. The number of aromatic nitrogens is 1. The van der Waals surface area contributed by atoms with Crippen LogP contribution in [0.15, 0.2) is 23.3 Å². The minimum atomic E-state index is 0. The zero-order valence-electron chi connectivity index (χ0n) is 15.4. The molecule has 7 heteroatoms. The maximum Gasteiger partial charge on any atom is 0.242 e. The lowest BCUT2D eigenvalue weighted by atomic mass is 10.2. The third kappa shape index (κ3) is 7.02. The third-order valence-corrected chi connectivity index (χ3v) is 3.68. The molecule has 0 aliphatic heterocycles. The Morgan fingerprint density at radius 3 is 2.50 bits per heavy atom. The first-order valence-corrected chi connectivity index (χ1v) is 8.21. The number of hydrogen-bond donors (Lipinski definition) is 1. The van der Waals surface area contributed by atoms with Crippen LogP contribution in [-0.2, 0) is 11.3 Å². The number of nitrogens with zero attached hydrogens (tertiary/aromatic N) is 4. The Kier molecular flexibility index (Phi) is 11.4. The van der Waals surface area contributed by atoms with Gasteiger partial charge in [0.1, 0.15) is 0 Å². The number of hydrogen-bond acceptors (Lipinski definition) is 3. The number of likely N-dealkylation sites (N-methyl/N-ethyl adjacent to an activating group) is 2. The first kappa shape index (κ1) is 22.6. The van der Waals surface area contributed by atoms with Crippen LogP contribution in [0.5, 0.6) is 0 Å². The summed E-state index contributed by atoms with van der Waals surface area (Å²) in [6, 6.07) is 3.95. The highest BCUT2D eigenvalue weighted by Gasteiger charge is 2.15. The van der Waals surface area contributed by atoms with E-state index in [0.29, 0.717) is 13.1 Å². The molecule has 0 spiro atoms. The molecule has 24 heavy (non-hydrogen) atoms. The SMILES string of the molecule is CCNC(=NCc1ncccc1C)N(C)CC(=O)N(CC)CC.I. The van der Waals surface area contributed by atoms with Crippen LogP contribution in [0.3, 0.4) is 0 Å². The van der Waals surface area contributed by atoms with Gasteiger partial charge in [-0.25, -0.2) is 4.99 Å². The van der Waals surface area contributed by atoms with Gasteiger partial charge >= 0.3 is 0 Å². The Labute approximate surface area is 162 Å². The molecule has 0 saturated heterocycles. The summed E-state index contributed by atoms with van der Waals surface area (Å²) in [6.07, 6.45) is 1.78. The third-order valence-electron chi connectivity index (χ3n) is 3.68. The van der Waals surface area contributed by atoms with Gasteiger partial charge in [0.2, 0.25) is 5.91 Å². The van der Waals surface area contributed by atoms with E-state index in [1.165, 1.54) is 0 Å². The van der Waals surface area contributed by atoms with Crippen LogP contribution in [0.1, 0.15) is 32.0 Å². The molecule has 1 heterocycles. The number of aryl methyl sites for hydroxylation is 1. The summed E-state index contributed by atoms with van der Waals surface area (Å²) >= 11 is 0. The summed E-state index contributed by atoms with van der Waals surface area (Å²) in [4.78, 5) is 24.9. The Hall–Kier alpha value is -1.38. The van der Waals surface area contributed by atoms with Crippen molar-refractivity contribution in [1.29, 1.82) is 0 Å².